The lowest BCUT2D eigenvalue weighted by Crippen LogP contribution is -2.25. The van der Waals surface area contributed by atoms with Gasteiger partial charge in [0, 0.05) is 6.20 Å². The molecule has 29 heavy (non-hydrogen) atoms. The van der Waals surface area contributed by atoms with Crippen LogP contribution >= 0.6 is 26.8 Å². The van der Waals surface area contributed by atoms with E-state index in [9.17, 15) is 9.13 Å². The van der Waals surface area contributed by atoms with Crippen LogP contribution in [0.4, 0.5) is 0 Å². The van der Waals surface area contributed by atoms with E-state index in [2.05, 4.69) is 4.98 Å². The van der Waals surface area contributed by atoms with Gasteiger partial charge in [-0.1, -0.05) is 11.6 Å². The Morgan fingerprint density at radius 1 is 0.828 bits per heavy atom. The molecule has 1 aromatic rings. The van der Waals surface area contributed by atoms with Gasteiger partial charge >= 0.3 is 15.2 Å². The van der Waals surface area contributed by atoms with Crippen LogP contribution < -0.4 is 0 Å². The van der Waals surface area contributed by atoms with Crippen LogP contribution in [0.15, 0.2) is 18.3 Å². The first kappa shape index (κ1) is 26.8. The van der Waals surface area contributed by atoms with Crippen molar-refractivity contribution in [3.63, 3.8) is 0 Å². The number of aromatic nitrogens is 1. The summed E-state index contributed by atoms with van der Waals surface area (Å²) in [6.07, 6.45) is -0.0897. The fraction of sp³-hybridized carbons (Fsp3) is 0.737. The Kier molecular flexibility index (Phi) is 10.5. The molecule has 10 heteroatoms. The van der Waals surface area contributed by atoms with Crippen molar-refractivity contribution in [1.82, 2.24) is 4.98 Å². The van der Waals surface area contributed by atoms with Gasteiger partial charge in [-0.05, 0) is 79.5 Å². The summed E-state index contributed by atoms with van der Waals surface area (Å²) in [5.41, 5.74) is 0.676. The van der Waals surface area contributed by atoms with E-state index in [0.717, 1.165) is 0 Å². The summed E-state index contributed by atoms with van der Waals surface area (Å²) < 4.78 is 51.1. The number of hydrogen-bond acceptors (Lipinski definition) is 7. The molecule has 168 valence electrons. The third kappa shape index (κ3) is 8.78. The lowest BCUT2D eigenvalue weighted by atomic mass is 10.2. The highest BCUT2D eigenvalue weighted by atomic mass is 35.5. The Balaban J connectivity index is 3.59. The molecule has 0 N–H and O–H groups in total. The van der Waals surface area contributed by atoms with Gasteiger partial charge in [0.05, 0.1) is 24.4 Å². The maximum Gasteiger partial charge on any atom is 0.346 e. The molecule has 0 saturated heterocycles. The normalized spacial score (nSPS) is 13.4. The van der Waals surface area contributed by atoms with Gasteiger partial charge in [-0.2, -0.15) is 0 Å². The van der Waals surface area contributed by atoms with Crippen LogP contribution in [-0.4, -0.2) is 34.8 Å². The molecule has 0 aliphatic rings. The summed E-state index contributed by atoms with van der Waals surface area (Å²) in [7, 11) is -7.87. The lowest BCUT2D eigenvalue weighted by Gasteiger charge is -2.35. The molecule has 0 amide bonds. The first-order valence-corrected chi connectivity index (χ1v) is 13.4. The van der Waals surface area contributed by atoms with Crippen LogP contribution in [0, 0.1) is 0 Å². The van der Waals surface area contributed by atoms with Crippen molar-refractivity contribution < 1.29 is 27.2 Å². The van der Waals surface area contributed by atoms with E-state index in [1.165, 1.54) is 6.20 Å². The summed E-state index contributed by atoms with van der Waals surface area (Å²) in [4.78, 5) is 3.97. The fourth-order valence-corrected chi connectivity index (χ4v) is 8.80. The highest BCUT2D eigenvalue weighted by molar-refractivity contribution is 7.72. The van der Waals surface area contributed by atoms with Gasteiger partial charge in [-0.3, -0.25) is 9.13 Å². The molecule has 0 radical (unpaired) electrons. The number of pyridine rings is 1. The van der Waals surface area contributed by atoms with Gasteiger partial charge in [0.15, 0.2) is 5.40 Å². The summed E-state index contributed by atoms with van der Waals surface area (Å²) in [5, 5.41) is -0.891. The molecular formula is C19H34ClNO6P2. The average molecular weight is 470 g/mol. The minimum Gasteiger partial charge on any atom is -0.305 e. The summed E-state index contributed by atoms with van der Waals surface area (Å²) in [6.45, 7) is 14.0. The third-order valence-electron chi connectivity index (χ3n) is 3.37. The third-order valence-corrected chi connectivity index (χ3v) is 9.96. The Morgan fingerprint density at radius 3 is 1.52 bits per heavy atom. The van der Waals surface area contributed by atoms with E-state index in [0.29, 0.717) is 5.56 Å². The number of halogens is 1. The molecule has 1 heterocycles. The zero-order valence-corrected chi connectivity index (χ0v) is 21.0. The summed E-state index contributed by atoms with van der Waals surface area (Å²) in [5.74, 6) is 0. The molecule has 7 nitrogen and oxygen atoms in total. The predicted molar refractivity (Wildman–Crippen MR) is 117 cm³/mol. The van der Waals surface area contributed by atoms with Gasteiger partial charge in [0.2, 0.25) is 0 Å². The van der Waals surface area contributed by atoms with Crippen molar-refractivity contribution in [2.45, 2.75) is 91.6 Å². The van der Waals surface area contributed by atoms with E-state index < -0.39 is 45.0 Å². The topological polar surface area (TPSA) is 84.0 Å². The molecular weight excluding hydrogens is 436 g/mol. The number of rotatable bonds is 12. The van der Waals surface area contributed by atoms with Crippen molar-refractivity contribution in [1.29, 1.82) is 0 Å². The first-order chi connectivity index (χ1) is 13.3. The Labute approximate surface area is 179 Å². The monoisotopic (exact) mass is 469 g/mol. The minimum absolute atomic E-state index is 0.0652. The molecule has 0 bridgehead atoms. The fourth-order valence-electron chi connectivity index (χ4n) is 2.68. The second kappa shape index (κ2) is 11.4. The molecule has 0 aliphatic heterocycles. The average Bonchev–Trinajstić information content (AvgIpc) is 2.49. The lowest BCUT2D eigenvalue weighted by molar-refractivity contribution is 0.122. The second-order valence-corrected chi connectivity index (χ2v) is 12.9. The maximum absolute atomic E-state index is 14.0. The van der Waals surface area contributed by atoms with Crippen LogP contribution in [0.25, 0.3) is 0 Å². The number of hydrogen-bond donors (Lipinski definition) is 0. The first-order valence-electron chi connectivity index (χ1n) is 9.81. The Morgan fingerprint density at radius 2 is 1.21 bits per heavy atom. The van der Waals surface area contributed by atoms with E-state index in [4.69, 9.17) is 29.7 Å². The second-order valence-electron chi connectivity index (χ2n) is 7.87. The zero-order chi connectivity index (χ0) is 22.4. The molecule has 0 saturated carbocycles. The molecule has 0 atom stereocenters. The molecule has 1 aromatic heterocycles. The quantitative estimate of drug-likeness (QED) is 0.249. The summed E-state index contributed by atoms with van der Waals surface area (Å²) in [6, 6.07) is 3.34. The van der Waals surface area contributed by atoms with Crippen LogP contribution in [0.3, 0.4) is 0 Å². The van der Waals surface area contributed by atoms with Gasteiger partial charge in [0.1, 0.15) is 5.15 Å². The molecule has 0 fully saturated rings. The van der Waals surface area contributed by atoms with Crippen LogP contribution in [-0.2, 0) is 33.6 Å². The molecule has 1 rings (SSSR count). The Bertz CT molecular complexity index is 675. The van der Waals surface area contributed by atoms with E-state index in [1.54, 1.807) is 67.5 Å². The van der Waals surface area contributed by atoms with E-state index >= 15 is 0 Å². The predicted octanol–water partition coefficient (Wildman–Crippen LogP) is 6.69. The maximum atomic E-state index is 14.0. The number of nitrogens with zero attached hydrogens (tertiary/aromatic N) is 1. The van der Waals surface area contributed by atoms with E-state index in [1.807, 2.05) is 0 Å². The molecule has 0 aromatic carbocycles. The van der Waals surface area contributed by atoms with Crippen LogP contribution in [0.5, 0.6) is 0 Å². The van der Waals surface area contributed by atoms with Crippen molar-refractivity contribution in [2.75, 3.05) is 0 Å². The van der Waals surface area contributed by atoms with Gasteiger partial charge < -0.3 is 18.1 Å². The molecule has 0 unspecified atom stereocenters. The van der Waals surface area contributed by atoms with Crippen molar-refractivity contribution in [3.05, 3.63) is 29.0 Å². The SMILES string of the molecule is CC(C)OP(=O)(OC(C)C)C(Cc1ccnc(Cl)c1)P(=O)(OC(C)C)OC(C)C. The van der Waals surface area contributed by atoms with Crippen molar-refractivity contribution >= 4 is 26.8 Å². The van der Waals surface area contributed by atoms with E-state index in [-0.39, 0.29) is 11.6 Å². The standard InChI is InChI=1S/C19H34ClNO6P2/c1-13(2)24-28(22,25-14(3)4)19(12-17-9-10-21-18(20)11-17)29(23,26-15(5)6)27-16(7)8/h9-11,13-16,19H,12H2,1-8H3. The van der Waals surface area contributed by atoms with Gasteiger partial charge in [-0.25, -0.2) is 4.98 Å². The molecule has 0 aliphatic carbocycles. The van der Waals surface area contributed by atoms with Gasteiger partial charge in [0.25, 0.3) is 0 Å². The summed E-state index contributed by atoms with van der Waals surface area (Å²) >= 11 is 6.02. The van der Waals surface area contributed by atoms with Gasteiger partial charge in [-0.15, -0.1) is 0 Å². The van der Waals surface area contributed by atoms with Crippen molar-refractivity contribution in [3.8, 4) is 0 Å². The minimum atomic E-state index is -3.93. The molecule has 0 spiro atoms. The largest absolute Gasteiger partial charge is 0.346 e. The highest BCUT2D eigenvalue weighted by Gasteiger charge is 2.52. The zero-order valence-electron chi connectivity index (χ0n) is 18.5. The highest BCUT2D eigenvalue weighted by Crippen LogP contribution is 2.72. The van der Waals surface area contributed by atoms with Crippen LogP contribution in [0.2, 0.25) is 5.15 Å². The van der Waals surface area contributed by atoms with Crippen LogP contribution in [0.1, 0.15) is 61.0 Å². The van der Waals surface area contributed by atoms with Crippen molar-refractivity contribution in [2.24, 2.45) is 0 Å². The smallest absolute Gasteiger partial charge is 0.305 e. The Hall–Kier alpha value is -0.260.